The summed E-state index contributed by atoms with van der Waals surface area (Å²) < 4.78 is 13.3. The number of carbonyl (C=O) groups is 1. The fraction of sp³-hybridized carbons (Fsp3) is 0.417. The molecular formula is C12H16ClFN2O. The average Bonchev–Trinajstić information content (AvgIpc) is 2.79. The van der Waals surface area contributed by atoms with Gasteiger partial charge in [0.25, 0.3) is 5.91 Å². The van der Waals surface area contributed by atoms with Crippen LogP contribution in [0.1, 0.15) is 16.8 Å². The fourth-order valence-electron chi connectivity index (χ4n) is 1.87. The smallest absolute Gasteiger partial charge is 0.254 e. The predicted octanol–water partition coefficient (Wildman–Crippen LogP) is 1.59. The number of halogens is 2. The number of carbonyl (C=O) groups excluding carboxylic acids is 1. The Bertz CT molecular complexity index is 381. The van der Waals surface area contributed by atoms with Gasteiger partial charge in [-0.05, 0) is 37.6 Å². The molecule has 94 valence electrons. The summed E-state index contributed by atoms with van der Waals surface area (Å²) >= 11 is 0. The van der Waals surface area contributed by atoms with Crippen molar-refractivity contribution in [2.45, 2.75) is 6.42 Å². The van der Waals surface area contributed by atoms with Gasteiger partial charge in [0, 0.05) is 6.54 Å². The molecule has 0 saturated carbocycles. The molecule has 0 spiro atoms. The fourth-order valence-corrected chi connectivity index (χ4v) is 1.87. The molecule has 1 heterocycles. The van der Waals surface area contributed by atoms with Crippen molar-refractivity contribution in [3.63, 3.8) is 0 Å². The van der Waals surface area contributed by atoms with Gasteiger partial charge in [0.15, 0.2) is 0 Å². The molecule has 3 nitrogen and oxygen atoms in total. The van der Waals surface area contributed by atoms with Gasteiger partial charge in [0.05, 0.1) is 5.56 Å². The number of hydrogen-bond acceptors (Lipinski definition) is 2. The Hall–Kier alpha value is -1.13. The Morgan fingerprint density at radius 2 is 2.24 bits per heavy atom. The van der Waals surface area contributed by atoms with Crippen molar-refractivity contribution in [1.29, 1.82) is 0 Å². The molecule has 1 aromatic carbocycles. The van der Waals surface area contributed by atoms with E-state index in [1.165, 1.54) is 12.1 Å². The van der Waals surface area contributed by atoms with E-state index < -0.39 is 5.82 Å². The van der Waals surface area contributed by atoms with Crippen molar-refractivity contribution in [2.24, 2.45) is 5.92 Å². The van der Waals surface area contributed by atoms with Gasteiger partial charge >= 0.3 is 0 Å². The molecule has 0 aliphatic carbocycles. The summed E-state index contributed by atoms with van der Waals surface area (Å²) in [6.45, 7) is 2.54. The van der Waals surface area contributed by atoms with Crippen LogP contribution in [0.2, 0.25) is 0 Å². The first-order valence-electron chi connectivity index (χ1n) is 5.51. The van der Waals surface area contributed by atoms with E-state index in [0.29, 0.717) is 12.5 Å². The predicted molar refractivity (Wildman–Crippen MR) is 67.0 cm³/mol. The van der Waals surface area contributed by atoms with Gasteiger partial charge in [-0.1, -0.05) is 12.1 Å². The Morgan fingerprint density at radius 3 is 2.88 bits per heavy atom. The minimum absolute atomic E-state index is 0. The van der Waals surface area contributed by atoms with Crippen LogP contribution in [0.15, 0.2) is 24.3 Å². The van der Waals surface area contributed by atoms with E-state index in [4.69, 9.17) is 0 Å². The monoisotopic (exact) mass is 258 g/mol. The lowest BCUT2D eigenvalue weighted by Crippen LogP contribution is -2.30. The second-order valence-corrected chi connectivity index (χ2v) is 4.05. The first kappa shape index (κ1) is 13.9. The molecular weight excluding hydrogens is 243 g/mol. The zero-order valence-electron chi connectivity index (χ0n) is 9.41. The van der Waals surface area contributed by atoms with Gasteiger partial charge in [-0.25, -0.2) is 4.39 Å². The van der Waals surface area contributed by atoms with Crippen LogP contribution in [0.3, 0.4) is 0 Å². The molecule has 1 unspecified atom stereocenters. The Morgan fingerprint density at radius 1 is 1.47 bits per heavy atom. The van der Waals surface area contributed by atoms with Crippen molar-refractivity contribution in [3.8, 4) is 0 Å². The third kappa shape index (κ3) is 3.68. The number of benzene rings is 1. The maximum atomic E-state index is 13.3. The van der Waals surface area contributed by atoms with E-state index in [1.54, 1.807) is 12.1 Å². The average molecular weight is 259 g/mol. The van der Waals surface area contributed by atoms with E-state index in [-0.39, 0.29) is 23.9 Å². The number of amides is 1. The summed E-state index contributed by atoms with van der Waals surface area (Å²) in [5, 5.41) is 5.98. The molecule has 1 aliphatic heterocycles. The second kappa shape index (κ2) is 6.57. The molecule has 1 amide bonds. The highest BCUT2D eigenvalue weighted by Crippen LogP contribution is 2.08. The van der Waals surface area contributed by atoms with Crippen molar-refractivity contribution in [2.75, 3.05) is 19.6 Å². The molecule has 1 atom stereocenters. The van der Waals surface area contributed by atoms with E-state index >= 15 is 0 Å². The largest absolute Gasteiger partial charge is 0.352 e. The van der Waals surface area contributed by atoms with Crippen LogP contribution in [0.4, 0.5) is 4.39 Å². The minimum atomic E-state index is -0.468. The highest BCUT2D eigenvalue weighted by molar-refractivity contribution is 5.94. The van der Waals surface area contributed by atoms with Crippen LogP contribution in [0, 0.1) is 11.7 Å². The minimum Gasteiger partial charge on any atom is -0.352 e. The molecule has 1 fully saturated rings. The van der Waals surface area contributed by atoms with Crippen molar-refractivity contribution in [3.05, 3.63) is 35.6 Å². The second-order valence-electron chi connectivity index (χ2n) is 4.05. The summed E-state index contributed by atoms with van der Waals surface area (Å²) in [6, 6.07) is 6.03. The third-order valence-electron chi connectivity index (χ3n) is 2.83. The Labute approximate surface area is 106 Å². The topological polar surface area (TPSA) is 41.1 Å². The first-order valence-corrected chi connectivity index (χ1v) is 5.51. The molecule has 0 aromatic heterocycles. The summed E-state index contributed by atoms with van der Waals surface area (Å²) in [5.41, 5.74) is 0.119. The first-order chi connectivity index (χ1) is 7.77. The molecule has 0 radical (unpaired) electrons. The molecule has 1 aliphatic rings. The van der Waals surface area contributed by atoms with Gasteiger partial charge in [-0.15, -0.1) is 12.4 Å². The Kier molecular flexibility index (Phi) is 5.38. The summed E-state index contributed by atoms with van der Waals surface area (Å²) in [7, 11) is 0. The molecule has 1 aromatic rings. The molecule has 2 rings (SSSR count). The number of rotatable bonds is 3. The third-order valence-corrected chi connectivity index (χ3v) is 2.83. The zero-order valence-corrected chi connectivity index (χ0v) is 10.2. The summed E-state index contributed by atoms with van der Waals surface area (Å²) in [4.78, 5) is 11.7. The van der Waals surface area contributed by atoms with Gasteiger partial charge in [-0.3, -0.25) is 4.79 Å². The van der Waals surface area contributed by atoms with E-state index in [9.17, 15) is 9.18 Å². The SMILES string of the molecule is Cl.O=C(NCC1CCNC1)c1ccccc1F. The van der Waals surface area contributed by atoms with Crippen molar-refractivity contribution in [1.82, 2.24) is 10.6 Å². The van der Waals surface area contributed by atoms with Crippen LogP contribution < -0.4 is 10.6 Å². The van der Waals surface area contributed by atoms with Crippen LogP contribution >= 0.6 is 12.4 Å². The van der Waals surface area contributed by atoms with Crippen LogP contribution in [0.5, 0.6) is 0 Å². The zero-order chi connectivity index (χ0) is 11.4. The number of nitrogens with one attached hydrogen (secondary N) is 2. The molecule has 17 heavy (non-hydrogen) atoms. The highest BCUT2D eigenvalue weighted by Gasteiger charge is 2.16. The van der Waals surface area contributed by atoms with Gasteiger partial charge in [0.1, 0.15) is 5.82 Å². The lowest BCUT2D eigenvalue weighted by molar-refractivity contribution is 0.0944. The standard InChI is InChI=1S/C12H15FN2O.ClH/c13-11-4-2-1-3-10(11)12(16)15-8-9-5-6-14-7-9;/h1-4,9,14H,5-8H2,(H,15,16);1H. The Balaban J connectivity index is 0.00000144. The molecule has 2 N–H and O–H groups in total. The lowest BCUT2D eigenvalue weighted by Gasteiger charge is -2.10. The molecule has 1 saturated heterocycles. The van der Waals surface area contributed by atoms with Gasteiger partial charge < -0.3 is 10.6 Å². The number of hydrogen-bond donors (Lipinski definition) is 2. The maximum Gasteiger partial charge on any atom is 0.254 e. The van der Waals surface area contributed by atoms with Crippen molar-refractivity contribution < 1.29 is 9.18 Å². The maximum absolute atomic E-state index is 13.3. The lowest BCUT2D eigenvalue weighted by atomic mass is 10.1. The van der Waals surface area contributed by atoms with Crippen LogP contribution in [0.25, 0.3) is 0 Å². The highest BCUT2D eigenvalue weighted by atomic mass is 35.5. The normalized spacial score (nSPS) is 18.5. The van der Waals surface area contributed by atoms with E-state index in [2.05, 4.69) is 10.6 Å². The van der Waals surface area contributed by atoms with E-state index in [1.807, 2.05) is 0 Å². The van der Waals surface area contributed by atoms with Crippen LogP contribution in [-0.2, 0) is 0 Å². The summed E-state index contributed by atoms with van der Waals surface area (Å²) in [6.07, 6.45) is 1.07. The van der Waals surface area contributed by atoms with Crippen LogP contribution in [-0.4, -0.2) is 25.5 Å². The molecule has 0 bridgehead atoms. The molecule has 5 heteroatoms. The van der Waals surface area contributed by atoms with Gasteiger partial charge in [0.2, 0.25) is 0 Å². The summed E-state index contributed by atoms with van der Waals surface area (Å²) in [5.74, 6) is -0.328. The van der Waals surface area contributed by atoms with Crippen molar-refractivity contribution >= 4 is 18.3 Å². The van der Waals surface area contributed by atoms with E-state index in [0.717, 1.165) is 19.5 Å². The van der Waals surface area contributed by atoms with Gasteiger partial charge in [-0.2, -0.15) is 0 Å². The quantitative estimate of drug-likeness (QED) is 0.865.